The molecule has 4 amide bonds. The zero-order chi connectivity index (χ0) is 20.3. The fourth-order valence-electron chi connectivity index (χ4n) is 3.78. The van der Waals surface area contributed by atoms with Crippen molar-refractivity contribution in [3.8, 4) is 11.5 Å². The van der Waals surface area contributed by atoms with Gasteiger partial charge in [-0.05, 0) is 12.8 Å². The van der Waals surface area contributed by atoms with Crippen molar-refractivity contribution in [2.24, 2.45) is 0 Å². The normalized spacial score (nSPS) is 18.6. The van der Waals surface area contributed by atoms with Crippen LogP contribution in [-0.2, 0) is 9.59 Å². The lowest BCUT2D eigenvalue weighted by atomic mass is 9.90. The van der Waals surface area contributed by atoms with E-state index in [1.54, 1.807) is 0 Å². The molecule has 0 aromatic heterocycles. The number of anilines is 1. The van der Waals surface area contributed by atoms with Crippen molar-refractivity contribution in [3.63, 3.8) is 0 Å². The molecule has 28 heavy (non-hydrogen) atoms. The summed E-state index contributed by atoms with van der Waals surface area (Å²) in [6, 6.07) is 2.52. The first-order valence-electron chi connectivity index (χ1n) is 9.25. The molecule has 9 heteroatoms. The number of ether oxygens (including phenoxy) is 2. The van der Waals surface area contributed by atoms with E-state index < -0.39 is 17.5 Å². The number of amides is 4. The number of hydrogen-bond acceptors (Lipinski definition) is 5. The zero-order valence-electron chi connectivity index (χ0n) is 16.0. The van der Waals surface area contributed by atoms with E-state index in [2.05, 4.69) is 10.6 Å². The van der Waals surface area contributed by atoms with Crippen LogP contribution in [0.5, 0.6) is 11.5 Å². The summed E-state index contributed by atoms with van der Waals surface area (Å²) in [5.74, 6) is -0.131. The van der Waals surface area contributed by atoms with Gasteiger partial charge in [-0.15, -0.1) is 0 Å². The lowest BCUT2D eigenvalue weighted by molar-refractivity contribution is -0.134. The number of hydrogen-bond donors (Lipinski definition) is 2. The van der Waals surface area contributed by atoms with Gasteiger partial charge in [-0.1, -0.05) is 37.3 Å². The number of nitrogens with one attached hydrogen (secondary N) is 2. The molecular formula is C19H24ClN3O5. The van der Waals surface area contributed by atoms with Crippen molar-refractivity contribution in [2.75, 3.05) is 26.1 Å². The van der Waals surface area contributed by atoms with Crippen LogP contribution in [0.3, 0.4) is 0 Å². The minimum Gasteiger partial charge on any atom is -0.495 e. The van der Waals surface area contributed by atoms with Crippen molar-refractivity contribution in [3.05, 3.63) is 17.2 Å². The molecule has 8 nitrogen and oxygen atoms in total. The van der Waals surface area contributed by atoms with E-state index in [0.717, 1.165) is 30.6 Å². The van der Waals surface area contributed by atoms with Crippen LogP contribution in [-0.4, -0.2) is 49.0 Å². The number of imide groups is 1. The van der Waals surface area contributed by atoms with Gasteiger partial charge >= 0.3 is 6.03 Å². The topological polar surface area (TPSA) is 97.0 Å². The molecule has 1 spiro atoms. The third kappa shape index (κ3) is 3.87. The highest BCUT2D eigenvalue weighted by atomic mass is 35.5. The van der Waals surface area contributed by atoms with Crippen LogP contribution in [0.2, 0.25) is 5.02 Å². The number of carbonyl (C=O) groups is 3. The van der Waals surface area contributed by atoms with Crippen molar-refractivity contribution < 1.29 is 23.9 Å². The minimum absolute atomic E-state index is 0.324. The molecule has 0 radical (unpaired) electrons. The summed E-state index contributed by atoms with van der Waals surface area (Å²) < 4.78 is 10.4. The van der Waals surface area contributed by atoms with Gasteiger partial charge in [0.05, 0.1) is 24.9 Å². The van der Waals surface area contributed by atoms with Crippen LogP contribution in [0, 0.1) is 0 Å². The number of nitrogens with zero attached hydrogens (tertiary/aromatic N) is 1. The third-order valence-electron chi connectivity index (χ3n) is 5.25. The Morgan fingerprint density at radius 2 is 1.79 bits per heavy atom. The highest BCUT2D eigenvalue weighted by Gasteiger charge is 2.51. The van der Waals surface area contributed by atoms with Gasteiger partial charge in [0.25, 0.3) is 5.91 Å². The van der Waals surface area contributed by atoms with Crippen molar-refractivity contribution >= 4 is 35.1 Å². The average Bonchev–Trinajstić information content (AvgIpc) is 2.84. The first-order valence-corrected chi connectivity index (χ1v) is 9.63. The standard InChI is InChI=1S/C19H24ClN3O5/c1-27-14-10-13(15(28-2)9-12(14)20)21-16(24)11-23-17(25)19(22-18(23)26)7-5-3-4-6-8-19/h9-10H,3-8,11H2,1-2H3,(H,21,24)(H,22,26). The fourth-order valence-corrected chi connectivity index (χ4v) is 4.01. The molecule has 1 heterocycles. The summed E-state index contributed by atoms with van der Waals surface area (Å²) in [6.07, 6.45) is 5.07. The Bertz CT molecular complexity index is 790. The van der Waals surface area contributed by atoms with Crippen molar-refractivity contribution in [2.45, 2.75) is 44.1 Å². The Balaban J connectivity index is 1.73. The van der Waals surface area contributed by atoms with E-state index in [1.165, 1.54) is 26.4 Å². The number of urea groups is 1. The van der Waals surface area contributed by atoms with Crippen LogP contribution in [0.1, 0.15) is 38.5 Å². The fraction of sp³-hybridized carbons (Fsp3) is 0.526. The lowest BCUT2D eigenvalue weighted by Gasteiger charge is -2.24. The molecule has 1 aromatic carbocycles. The van der Waals surface area contributed by atoms with Gasteiger partial charge in [-0.2, -0.15) is 0 Å². The maximum atomic E-state index is 12.9. The minimum atomic E-state index is -0.866. The Kier molecular flexibility index (Phi) is 5.98. The molecule has 1 saturated heterocycles. The third-order valence-corrected chi connectivity index (χ3v) is 5.55. The van der Waals surface area contributed by atoms with Gasteiger partial charge in [-0.3, -0.25) is 14.5 Å². The van der Waals surface area contributed by atoms with Gasteiger partial charge in [0.1, 0.15) is 23.6 Å². The molecule has 1 aliphatic carbocycles. The number of carbonyl (C=O) groups excluding carboxylic acids is 3. The Hall–Kier alpha value is -2.48. The number of halogens is 1. The zero-order valence-corrected chi connectivity index (χ0v) is 16.7. The smallest absolute Gasteiger partial charge is 0.325 e. The van der Waals surface area contributed by atoms with Gasteiger partial charge in [0.2, 0.25) is 5.91 Å². The second-order valence-corrected chi connectivity index (χ2v) is 7.46. The Labute approximate surface area is 168 Å². The van der Waals surface area contributed by atoms with E-state index in [9.17, 15) is 14.4 Å². The van der Waals surface area contributed by atoms with Gasteiger partial charge in [0.15, 0.2) is 0 Å². The molecule has 2 aliphatic rings. The molecule has 2 fully saturated rings. The van der Waals surface area contributed by atoms with Crippen LogP contribution in [0.15, 0.2) is 12.1 Å². The maximum Gasteiger partial charge on any atom is 0.325 e. The first kappa shape index (κ1) is 20.3. The summed E-state index contributed by atoms with van der Waals surface area (Å²) in [5, 5.41) is 5.82. The molecule has 0 bridgehead atoms. The highest BCUT2D eigenvalue weighted by molar-refractivity contribution is 6.32. The first-order chi connectivity index (χ1) is 13.4. The van der Waals surface area contributed by atoms with Gasteiger partial charge < -0.3 is 20.1 Å². The Morgan fingerprint density at radius 3 is 2.39 bits per heavy atom. The molecule has 152 valence electrons. The summed E-state index contributed by atoms with van der Waals surface area (Å²) >= 11 is 6.06. The van der Waals surface area contributed by atoms with Crippen LogP contribution < -0.4 is 20.1 Å². The van der Waals surface area contributed by atoms with Crippen LogP contribution in [0.25, 0.3) is 0 Å². The van der Waals surface area contributed by atoms with Crippen molar-refractivity contribution in [1.82, 2.24) is 10.2 Å². The van der Waals surface area contributed by atoms with Gasteiger partial charge in [-0.25, -0.2) is 4.79 Å². The van der Waals surface area contributed by atoms with E-state index >= 15 is 0 Å². The molecular weight excluding hydrogens is 386 g/mol. The van der Waals surface area contributed by atoms with E-state index in [0.29, 0.717) is 35.1 Å². The molecule has 1 saturated carbocycles. The molecule has 3 rings (SSSR count). The lowest BCUT2D eigenvalue weighted by Crippen LogP contribution is -2.47. The summed E-state index contributed by atoms with van der Waals surface area (Å²) in [7, 11) is 2.90. The molecule has 1 aromatic rings. The van der Waals surface area contributed by atoms with Crippen LogP contribution >= 0.6 is 11.6 Å². The molecule has 0 unspecified atom stereocenters. The quantitative estimate of drug-likeness (QED) is 0.729. The Morgan fingerprint density at radius 1 is 1.14 bits per heavy atom. The number of rotatable bonds is 5. The largest absolute Gasteiger partial charge is 0.495 e. The summed E-state index contributed by atoms with van der Waals surface area (Å²) in [4.78, 5) is 38.8. The average molecular weight is 410 g/mol. The second kappa shape index (κ2) is 8.26. The summed E-state index contributed by atoms with van der Waals surface area (Å²) in [5.41, 5.74) is -0.528. The van der Waals surface area contributed by atoms with E-state index in [-0.39, 0.29) is 12.5 Å². The van der Waals surface area contributed by atoms with Crippen molar-refractivity contribution in [1.29, 1.82) is 0 Å². The molecule has 2 N–H and O–H groups in total. The molecule has 1 aliphatic heterocycles. The monoisotopic (exact) mass is 409 g/mol. The predicted molar refractivity (Wildman–Crippen MR) is 104 cm³/mol. The second-order valence-electron chi connectivity index (χ2n) is 7.05. The van der Waals surface area contributed by atoms with E-state index in [4.69, 9.17) is 21.1 Å². The highest BCUT2D eigenvalue weighted by Crippen LogP contribution is 2.36. The maximum absolute atomic E-state index is 12.9. The number of benzene rings is 1. The van der Waals surface area contributed by atoms with Gasteiger partial charge in [0, 0.05) is 12.1 Å². The predicted octanol–water partition coefficient (Wildman–Crippen LogP) is 2.94. The SMILES string of the molecule is COc1cc(NC(=O)CN2C(=O)NC3(CCCCCC3)C2=O)c(OC)cc1Cl. The molecule has 0 atom stereocenters. The van der Waals surface area contributed by atoms with Crippen LogP contribution in [0.4, 0.5) is 10.5 Å². The number of methoxy groups -OCH3 is 2. The van der Waals surface area contributed by atoms with E-state index in [1.807, 2.05) is 0 Å². The summed E-state index contributed by atoms with van der Waals surface area (Å²) in [6.45, 7) is -0.374.